The topological polar surface area (TPSA) is 9.23 Å². The first-order chi connectivity index (χ1) is 8.36. The Morgan fingerprint density at radius 3 is 2.59 bits per heavy atom. The molecule has 2 rings (SSSR count). The summed E-state index contributed by atoms with van der Waals surface area (Å²) in [5.74, 6) is 0.902. The molecule has 1 heterocycles. The summed E-state index contributed by atoms with van der Waals surface area (Å²) in [6.07, 6.45) is 6.44. The van der Waals surface area contributed by atoms with Crippen molar-refractivity contribution in [2.45, 2.75) is 36.9 Å². The molecule has 0 aliphatic carbocycles. The molecule has 94 valence electrons. The van der Waals surface area contributed by atoms with Gasteiger partial charge in [-0.15, -0.1) is 0 Å². The summed E-state index contributed by atoms with van der Waals surface area (Å²) >= 11 is 3.79. The maximum atomic E-state index is 5.39. The molecule has 1 atom stereocenters. The van der Waals surface area contributed by atoms with Crippen LogP contribution in [0.4, 0.5) is 0 Å². The third-order valence-electron chi connectivity index (χ3n) is 3.57. The molecule has 1 aromatic rings. The molecule has 1 aliphatic rings. The molecule has 2 heteroatoms. The Morgan fingerprint density at radius 2 is 1.88 bits per heavy atom. The minimum Gasteiger partial charge on any atom is -0.381 e. The smallest absolute Gasteiger partial charge is 0.0468 e. The average molecular weight is 297 g/mol. The van der Waals surface area contributed by atoms with E-state index in [1.165, 1.54) is 37.7 Å². The summed E-state index contributed by atoms with van der Waals surface area (Å²) < 4.78 is 5.39. The van der Waals surface area contributed by atoms with E-state index in [1.54, 1.807) is 0 Å². The molecule has 0 saturated carbocycles. The lowest BCUT2D eigenvalue weighted by Gasteiger charge is -2.22. The van der Waals surface area contributed by atoms with E-state index in [9.17, 15) is 0 Å². The van der Waals surface area contributed by atoms with Gasteiger partial charge in [0.05, 0.1) is 0 Å². The predicted octanol–water partition coefficient (Wildman–Crippen LogP) is 4.72. The van der Waals surface area contributed by atoms with Gasteiger partial charge in [-0.1, -0.05) is 59.1 Å². The van der Waals surface area contributed by atoms with E-state index in [0.717, 1.165) is 19.1 Å². The summed E-state index contributed by atoms with van der Waals surface area (Å²) in [6, 6.07) is 10.7. The SMILES string of the molecule is BrC(CCCC1CCOCC1)c1ccccc1. The number of benzene rings is 1. The molecule has 0 bridgehead atoms. The molecule has 1 nitrogen and oxygen atoms in total. The van der Waals surface area contributed by atoms with Crippen LogP contribution in [-0.4, -0.2) is 13.2 Å². The van der Waals surface area contributed by atoms with Crippen LogP contribution in [0.1, 0.15) is 42.5 Å². The highest BCUT2D eigenvalue weighted by atomic mass is 79.9. The fourth-order valence-corrected chi connectivity index (χ4v) is 3.08. The van der Waals surface area contributed by atoms with E-state index in [4.69, 9.17) is 4.74 Å². The molecule has 0 spiro atoms. The van der Waals surface area contributed by atoms with Crippen molar-refractivity contribution in [1.82, 2.24) is 0 Å². The number of ether oxygens (including phenoxy) is 1. The van der Waals surface area contributed by atoms with Crippen molar-refractivity contribution in [3.05, 3.63) is 35.9 Å². The molecular formula is C15H21BrO. The molecule has 1 saturated heterocycles. The van der Waals surface area contributed by atoms with Crippen molar-refractivity contribution in [3.8, 4) is 0 Å². The van der Waals surface area contributed by atoms with Crippen LogP contribution in [0.15, 0.2) is 30.3 Å². The molecule has 0 radical (unpaired) electrons. The lowest BCUT2D eigenvalue weighted by molar-refractivity contribution is 0.0631. The van der Waals surface area contributed by atoms with E-state index in [1.807, 2.05) is 0 Å². The Labute approximate surface area is 113 Å². The molecule has 0 N–H and O–H groups in total. The molecule has 0 aromatic heterocycles. The molecule has 1 unspecified atom stereocenters. The van der Waals surface area contributed by atoms with E-state index in [2.05, 4.69) is 46.3 Å². The minimum atomic E-state index is 0.517. The van der Waals surface area contributed by atoms with Crippen LogP contribution in [0.3, 0.4) is 0 Å². The van der Waals surface area contributed by atoms with Gasteiger partial charge in [-0.2, -0.15) is 0 Å². The Bertz CT molecular complexity index is 306. The number of hydrogen-bond acceptors (Lipinski definition) is 1. The van der Waals surface area contributed by atoms with Gasteiger partial charge in [-0.05, 0) is 30.7 Å². The van der Waals surface area contributed by atoms with Crippen molar-refractivity contribution in [2.24, 2.45) is 5.92 Å². The van der Waals surface area contributed by atoms with Crippen molar-refractivity contribution in [3.63, 3.8) is 0 Å². The Morgan fingerprint density at radius 1 is 1.18 bits per heavy atom. The highest BCUT2D eigenvalue weighted by Gasteiger charge is 2.14. The Balaban J connectivity index is 1.67. The second kappa shape index (κ2) is 7.17. The van der Waals surface area contributed by atoms with Crippen molar-refractivity contribution < 1.29 is 4.74 Å². The minimum absolute atomic E-state index is 0.517. The van der Waals surface area contributed by atoms with E-state index < -0.39 is 0 Å². The van der Waals surface area contributed by atoms with Crippen LogP contribution in [0.2, 0.25) is 0 Å². The van der Waals surface area contributed by atoms with E-state index >= 15 is 0 Å². The fraction of sp³-hybridized carbons (Fsp3) is 0.600. The van der Waals surface area contributed by atoms with Gasteiger partial charge in [-0.3, -0.25) is 0 Å². The summed E-state index contributed by atoms with van der Waals surface area (Å²) in [5, 5.41) is 0. The van der Waals surface area contributed by atoms with E-state index in [-0.39, 0.29) is 0 Å². The van der Waals surface area contributed by atoms with Crippen LogP contribution in [0.5, 0.6) is 0 Å². The zero-order valence-electron chi connectivity index (χ0n) is 10.3. The van der Waals surface area contributed by atoms with Crippen LogP contribution in [0, 0.1) is 5.92 Å². The summed E-state index contributed by atoms with van der Waals surface area (Å²) in [7, 11) is 0. The zero-order chi connectivity index (χ0) is 11.9. The van der Waals surface area contributed by atoms with Gasteiger partial charge in [0, 0.05) is 18.0 Å². The fourth-order valence-electron chi connectivity index (χ4n) is 2.45. The lowest BCUT2D eigenvalue weighted by atomic mass is 9.93. The molecule has 1 fully saturated rings. The monoisotopic (exact) mass is 296 g/mol. The van der Waals surface area contributed by atoms with E-state index in [0.29, 0.717) is 4.83 Å². The number of rotatable bonds is 5. The number of hydrogen-bond donors (Lipinski definition) is 0. The highest BCUT2D eigenvalue weighted by molar-refractivity contribution is 9.09. The van der Waals surface area contributed by atoms with Crippen LogP contribution >= 0.6 is 15.9 Å². The van der Waals surface area contributed by atoms with Crippen LogP contribution in [-0.2, 0) is 4.74 Å². The lowest BCUT2D eigenvalue weighted by Crippen LogP contribution is -2.15. The quantitative estimate of drug-likeness (QED) is 0.715. The zero-order valence-corrected chi connectivity index (χ0v) is 11.9. The highest BCUT2D eigenvalue weighted by Crippen LogP contribution is 2.30. The van der Waals surface area contributed by atoms with Gasteiger partial charge < -0.3 is 4.74 Å². The van der Waals surface area contributed by atoms with Gasteiger partial charge in [0.15, 0.2) is 0 Å². The number of alkyl halides is 1. The Kier molecular flexibility index (Phi) is 5.53. The van der Waals surface area contributed by atoms with Crippen molar-refractivity contribution >= 4 is 15.9 Å². The molecule has 1 aliphatic heterocycles. The second-order valence-corrected chi connectivity index (χ2v) is 5.97. The summed E-state index contributed by atoms with van der Waals surface area (Å²) in [6.45, 7) is 1.95. The van der Waals surface area contributed by atoms with Gasteiger partial charge in [0.2, 0.25) is 0 Å². The summed E-state index contributed by atoms with van der Waals surface area (Å²) in [5.41, 5.74) is 1.40. The van der Waals surface area contributed by atoms with Gasteiger partial charge >= 0.3 is 0 Å². The third-order valence-corrected chi connectivity index (χ3v) is 4.56. The van der Waals surface area contributed by atoms with Gasteiger partial charge in [-0.25, -0.2) is 0 Å². The number of halogens is 1. The van der Waals surface area contributed by atoms with Crippen molar-refractivity contribution in [1.29, 1.82) is 0 Å². The largest absolute Gasteiger partial charge is 0.381 e. The van der Waals surface area contributed by atoms with Crippen molar-refractivity contribution in [2.75, 3.05) is 13.2 Å². The molecule has 17 heavy (non-hydrogen) atoms. The first-order valence-electron chi connectivity index (χ1n) is 6.63. The maximum absolute atomic E-state index is 5.39. The maximum Gasteiger partial charge on any atom is 0.0468 e. The summed E-state index contributed by atoms with van der Waals surface area (Å²) in [4.78, 5) is 0.517. The molecular weight excluding hydrogens is 276 g/mol. The van der Waals surface area contributed by atoms with Gasteiger partial charge in [0.25, 0.3) is 0 Å². The van der Waals surface area contributed by atoms with Crippen LogP contribution in [0.25, 0.3) is 0 Å². The second-order valence-electron chi connectivity index (χ2n) is 4.86. The molecule has 1 aromatic carbocycles. The first kappa shape index (κ1) is 13.1. The van der Waals surface area contributed by atoms with Gasteiger partial charge in [0.1, 0.15) is 0 Å². The molecule has 0 amide bonds. The normalized spacial score (nSPS) is 19.1. The predicted molar refractivity (Wildman–Crippen MR) is 75.5 cm³/mol. The Hall–Kier alpha value is -0.340. The third kappa shape index (κ3) is 4.44. The average Bonchev–Trinajstić information content (AvgIpc) is 2.41. The van der Waals surface area contributed by atoms with Crippen LogP contribution < -0.4 is 0 Å². The first-order valence-corrected chi connectivity index (χ1v) is 7.54. The standard InChI is InChI=1S/C15H21BrO/c16-15(14-6-2-1-3-7-14)8-4-5-13-9-11-17-12-10-13/h1-3,6-7,13,15H,4-5,8-12H2.